The number of benzene rings is 1. The molecule has 0 saturated carbocycles. The van der Waals surface area contributed by atoms with E-state index < -0.39 is 5.69 Å². The first-order valence-electron chi connectivity index (χ1n) is 11.4. The number of hydrogen-bond acceptors (Lipinski definition) is 7. The molecule has 10 heteroatoms. The molecule has 0 unspecified atom stereocenters. The Bertz CT molecular complexity index is 1620. The number of aryl methyl sites for hydroxylation is 2. The lowest BCUT2D eigenvalue weighted by atomic mass is 9.97. The molecule has 0 fully saturated rings. The second-order valence-electron chi connectivity index (χ2n) is 8.45. The quantitative estimate of drug-likeness (QED) is 0.406. The van der Waals surface area contributed by atoms with Gasteiger partial charge in [0.05, 0.1) is 12.5 Å². The Balaban J connectivity index is 1.47. The second-order valence-corrected chi connectivity index (χ2v) is 9.53. The Morgan fingerprint density at radius 3 is 2.77 bits per heavy atom. The van der Waals surface area contributed by atoms with Gasteiger partial charge in [-0.25, -0.2) is 9.78 Å². The number of nitrogens with zero attached hydrogens (tertiary/aromatic N) is 5. The molecule has 1 N–H and O–H groups in total. The highest BCUT2D eigenvalue weighted by Gasteiger charge is 2.25. The van der Waals surface area contributed by atoms with Crippen molar-refractivity contribution in [3.8, 4) is 17.1 Å². The molecule has 1 amide bonds. The third-order valence-corrected chi connectivity index (χ3v) is 7.55. The molecule has 0 bridgehead atoms. The number of aromatic nitrogens is 5. The van der Waals surface area contributed by atoms with E-state index in [1.165, 1.54) is 19.5 Å². The summed E-state index contributed by atoms with van der Waals surface area (Å²) in [4.78, 5) is 37.5. The highest BCUT2D eigenvalue weighted by Crippen LogP contribution is 2.37. The fourth-order valence-corrected chi connectivity index (χ4v) is 5.93. The second kappa shape index (κ2) is 8.62. The molecule has 4 aromatic heterocycles. The van der Waals surface area contributed by atoms with Crippen molar-refractivity contribution in [3.05, 3.63) is 69.7 Å². The fourth-order valence-electron chi connectivity index (χ4n) is 4.56. The summed E-state index contributed by atoms with van der Waals surface area (Å²) in [6.45, 7) is -0.126. The van der Waals surface area contributed by atoms with Crippen LogP contribution in [0.3, 0.4) is 0 Å². The molecule has 0 spiro atoms. The molecular weight excluding hydrogens is 464 g/mol. The number of ether oxygens (including phenoxy) is 1. The van der Waals surface area contributed by atoms with Crippen LogP contribution in [0.25, 0.3) is 27.3 Å². The van der Waals surface area contributed by atoms with Gasteiger partial charge in [0.1, 0.15) is 17.1 Å². The molecule has 1 aliphatic rings. The zero-order chi connectivity index (χ0) is 23.9. The van der Waals surface area contributed by atoms with Crippen LogP contribution in [0.4, 0.5) is 5.69 Å². The van der Waals surface area contributed by atoms with E-state index in [1.807, 2.05) is 12.1 Å². The van der Waals surface area contributed by atoms with Crippen LogP contribution in [0.5, 0.6) is 5.75 Å². The van der Waals surface area contributed by atoms with E-state index in [4.69, 9.17) is 9.72 Å². The van der Waals surface area contributed by atoms with E-state index in [-0.39, 0.29) is 12.5 Å². The standard InChI is InChI=1S/C25H22N6O3S/c1-34-17-10-8-16(9-11-17)27-20(32)14-30-24-21(18-6-2-3-7-19(18)35-24)23-28-22(29-31(23)25(30)33)15-5-4-12-26-13-15/h4-5,8-13H,2-3,6-7,14H2,1H3,(H,27,32). The number of carbonyl (C=O) groups is 1. The van der Waals surface area contributed by atoms with Crippen molar-refractivity contribution in [2.24, 2.45) is 0 Å². The molecule has 0 saturated heterocycles. The Hall–Kier alpha value is -4.05. The van der Waals surface area contributed by atoms with Gasteiger partial charge in [-0.3, -0.25) is 14.3 Å². The summed E-state index contributed by atoms with van der Waals surface area (Å²) in [5, 5.41) is 8.32. The number of fused-ring (bicyclic) bond motifs is 5. The smallest absolute Gasteiger partial charge is 0.352 e. The lowest BCUT2D eigenvalue weighted by Gasteiger charge is -2.11. The van der Waals surface area contributed by atoms with Gasteiger partial charge in [-0.05, 0) is 67.6 Å². The number of amides is 1. The molecule has 0 atom stereocenters. The number of rotatable bonds is 5. The number of anilines is 1. The van der Waals surface area contributed by atoms with Crippen molar-refractivity contribution in [1.82, 2.24) is 24.1 Å². The molecule has 35 heavy (non-hydrogen) atoms. The number of pyridine rings is 1. The lowest BCUT2D eigenvalue weighted by Crippen LogP contribution is -2.32. The Kier molecular flexibility index (Phi) is 5.29. The topological polar surface area (TPSA) is 103 Å². The van der Waals surface area contributed by atoms with Crippen LogP contribution in [0.2, 0.25) is 0 Å². The van der Waals surface area contributed by atoms with Crippen molar-refractivity contribution < 1.29 is 9.53 Å². The zero-order valence-electron chi connectivity index (χ0n) is 19.0. The summed E-state index contributed by atoms with van der Waals surface area (Å²) in [7, 11) is 1.59. The molecule has 0 aliphatic heterocycles. The van der Waals surface area contributed by atoms with E-state index in [0.717, 1.165) is 41.5 Å². The van der Waals surface area contributed by atoms with E-state index in [9.17, 15) is 9.59 Å². The molecule has 6 rings (SSSR count). The lowest BCUT2D eigenvalue weighted by molar-refractivity contribution is -0.116. The number of nitrogens with one attached hydrogen (secondary N) is 1. The molecule has 1 aliphatic carbocycles. The Morgan fingerprint density at radius 2 is 2.00 bits per heavy atom. The minimum absolute atomic E-state index is 0.126. The Labute approximate surface area is 204 Å². The van der Waals surface area contributed by atoms with Gasteiger partial charge < -0.3 is 10.1 Å². The summed E-state index contributed by atoms with van der Waals surface area (Å²) in [6.07, 6.45) is 7.46. The van der Waals surface area contributed by atoms with Crippen LogP contribution in [0.1, 0.15) is 23.3 Å². The van der Waals surface area contributed by atoms with Gasteiger partial charge in [0.2, 0.25) is 5.91 Å². The molecule has 5 aromatic rings. The van der Waals surface area contributed by atoms with Gasteiger partial charge in [-0.2, -0.15) is 4.52 Å². The molecule has 176 valence electrons. The molecular formula is C25H22N6O3S. The number of thiophene rings is 1. The van der Waals surface area contributed by atoms with Crippen LogP contribution in [-0.2, 0) is 24.2 Å². The average molecular weight is 487 g/mol. The van der Waals surface area contributed by atoms with Crippen LogP contribution >= 0.6 is 11.3 Å². The first-order chi connectivity index (χ1) is 17.1. The van der Waals surface area contributed by atoms with Crippen molar-refractivity contribution in [3.63, 3.8) is 0 Å². The van der Waals surface area contributed by atoms with Gasteiger partial charge in [0.25, 0.3) is 0 Å². The summed E-state index contributed by atoms with van der Waals surface area (Å²) in [5.74, 6) is 0.843. The minimum atomic E-state index is -0.390. The van der Waals surface area contributed by atoms with Crippen LogP contribution < -0.4 is 15.7 Å². The van der Waals surface area contributed by atoms with E-state index in [2.05, 4.69) is 15.4 Å². The minimum Gasteiger partial charge on any atom is -0.497 e. The van der Waals surface area contributed by atoms with E-state index in [0.29, 0.717) is 22.9 Å². The van der Waals surface area contributed by atoms with Crippen molar-refractivity contribution in [2.45, 2.75) is 32.2 Å². The Morgan fingerprint density at radius 1 is 1.17 bits per heavy atom. The summed E-state index contributed by atoms with van der Waals surface area (Å²) in [6, 6.07) is 10.7. The first-order valence-corrected chi connectivity index (χ1v) is 12.2. The molecule has 0 radical (unpaired) electrons. The highest BCUT2D eigenvalue weighted by molar-refractivity contribution is 7.19. The van der Waals surface area contributed by atoms with Crippen LogP contribution in [-0.4, -0.2) is 37.2 Å². The summed E-state index contributed by atoms with van der Waals surface area (Å²) in [5.41, 5.74) is 2.73. The molecule has 9 nitrogen and oxygen atoms in total. The largest absolute Gasteiger partial charge is 0.497 e. The van der Waals surface area contributed by atoms with Crippen LogP contribution in [0.15, 0.2) is 53.6 Å². The predicted octanol–water partition coefficient (Wildman–Crippen LogP) is 3.69. The summed E-state index contributed by atoms with van der Waals surface area (Å²) >= 11 is 1.59. The molecule has 4 heterocycles. The fraction of sp³-hybridized carbons (Fsp3) is 0.240. The maximum atomic E-state index is 13.6. The highest BCUT2D eigenvalue weighted by atomic mass is 32.1. The zero-order valence-corrected chi connectivity index (χ0v) is 19.8. The SMILES string of the molecule is COc1ccc(NC(=O)Cn2c(=O)n3nc(-c4cccnc4)nc3c3c4c(sc32)CCCC4)cc1. The van der Waals surface area contributed by atoms with Gasteiger partial charge in [-0.15, -0.1) is 16.4 Å². The van der Waals surface area contributed by atoms with Crippen molar-refractivity contribution in [1.29, 1.82) is 0 Å². The third kappa shape index (κ3) is 3.75. The third-order valence-electron chi connectivity index (χ3n) is 6.24. The van der Waals surface area contributed by atoms with Gasteiger partial charge >= 0.3 is 5.69 Å². The van der Waals surface area contributed by atoms with Gasteiger partial charge in [0.15, 0.2) is 11.5 Å². The monoisotopic (exact) mass is 486 g/mol. The molecule has 1 aromatic carbocycles. The van der Waals surface area contributed by atoms with E-state index >= 15 is 0 Å². The number of hydrogen-bond donors (Lipinski definition) is 1. The van der Waals surface area contributed by atoms with Gasteiger partial charge in [-0.1, -0.05) is 0 Å². The van der Waals surface area contributed by atoms with E-state index in [1.54, 1.807) is 55.1 Å². The normalized spacial score (nSPS) is 13.2. The summed E-state index contributed by atoms with van der Waals surface area (Å²) < 4.78 is 8.02. The van der Waals surface area contributed by atoms with Crippen molar-refractivity contribution in [2.75, 3.05) is 12.4 Å². The average Bonchev–Trinajstić information content (AvgIpc) is 3.50. The predicted molar refractivity (Wildman–Crippen MR) is 134 cm³/mol. The number of carbonyl (C=O) groups excluding carboxylic acids is 1. The van der Waals surface area contributed by atoms with Gasteiger partial charge in [0, 0.05) is 28.5 Å². The first kappa shape index (κ1) is 21.5. The van der Waals surface area contributed by atoms with Crippen molar-refractivity contribution >= 4 is 38.8 Å². The maximum absolute atomic E-state index is 13.6. The number of methoxy groups -OCH3 is 1. The van der Waals surface area contributed by atoms with Crippen LogP contribution in [0, 0.1) is 0 Å². The maximum Gasteiger partial charge on any atom is 0.352 e.